The molecule has 0 atom stereocenters. The van der Waals surface area contributed by atoms with Gasteiger partial charge in [-0.3, -0.25) is 4.98 Å². The highest BCUT2D eigenvalue weighted by atomic mass is 15.1. The van der Waals surface area contributed by atoms with Gasteiger partial charge in [-0.05, 0) is 44.2 Å². The molecular formula is C18H31N3. The average molecular weight is 289 g/mol. The summed E-state index contributed by atoms with van der Waals surface area (Å²) in [6.07, 6.45) is 6.05. The maximum absolute atomic E-state index is 4.50. The van der Waals surface area contributed by atoms with Gasteiger partial charge in [0.25, 0.3) is 0 Å². The van der Waals surface area contributed by atoms with E-state index < -0.39 is 0 Å². The molecule has 0 aliphatic carbocycles. The minimum atomic E-state index is 0.687. The molecule has 0 saturated carbocycles. The Morgan fingerprint density at radius 3 is 2.67 bits per heavy atom. The zero-order valence-electron chi connectivity index (χ0n) is 14.2. The van der Waals surface area contributed by atoms with Gasteiger partial charge in [0.15, 0.2) is 0 Å². The van der Waals surface area contributed by atoms with Crippen molar-refractivity contribution in [1.82, 2.24) is 10.3 Å². The van der Waals surface area contributed by atoms with E-state index in [1.54, 1.807) is 0 Å². The van der Waals surface area contributed by atoms with Crippen molar-refractivity contribution in [2.24, 2.45) is 11.8 Å². The molecule has 0 bridgehead atoms. The molecule has 2 rings (SSSR count). The summed E-state index contributed by atoms with van der Waals surface area (Å²) in [4.78, 5) is 7.06. The van der Waals surface area contributed by atoms with Crippen LogP contribution in [0.4, 0.5) is 5.69 Å². The summed E-state index contributed by atoms with van der Waals surface area (Å²) in [6, 6.07) is 2.26. The predicted molar refractivity (Wildman–Crippen MR) is 90.7 cm³/mol. The third-order valence-electron chi connectivity index (χ3n) is 4.50. The zero-order chi connectivity index (χ0) is 15.2. The van der Waals surface area contributed by atoms with E-state index in [9.17, 15) is 0 Å². The summed E-state index contributed by atoms with van der Waals surface area (Å²) in [5, 5.41) is 3.55. The van der Waals surface area contributed by atoms with E-state index in [1.807, 2.05) is 0 Å². The molecule has 1 aromatic rings. The van der Waals surface area contributed by atoms with Gasteiger partial charge in [-0.1, -0.05) is 27.2 Å². The van der Waals surface area contributed by atoms with E-state index in [0.29, 0.717) is 5.92 Å². The molecule has 1 aromatic heterocycles. The lowest BCUT2D eigenvalue weighted by atomic mass is 9.94. The van der Waals surface area contributed by atoms with Crippen LogP contribution in [0.25, 0.3) is 0 Å². The molecule has 0 spiro atoms. The Bertz CT molecular complexity index is 434. The summed E-state index contributed by atoms with van der Waals surface area (Å²) in [6.45, 7) is 13.3. The Morgan fingerprint density at radius 1 is 1.33 bits per heavy atom. The van der Waals surface area contributed by atoms with Gasteiger partial charge in [0.05, 0.1) is 0 Å². The van der Waals surface area contributed by atoms with E-state index in [-0.39, 0.29) is 0 Å². The van der Waals surface area contributed by atoms with Gasteiger partial charge in [0.2, 0.25) is 0 Å². The van der Waals surface area contributed by atoms with Gasteiger partial charge in [-0.25, -0.2) is 0 Å². The highest BCUT2D eigenvalue weighted by Gasteiger charge is 2.20. The summed E-state index contributed by atoms with van der Waals surface area (Å²) in [7, 11) is 0. The smallest absolute Gasteiger partial charge is 0.0445 e. The first-order valence-electron chi connectivity index (χ1n) is 8.51. The number of nitrogens with one attached hydrogen (secondary N) is 1. The Balaban J connectivity index is 2.04. The molecule has 3 nitrogen and oxygen atoms in total. The molecule has 1 aliphatic heterocycles. The lowest BCUT2D eigenvalue weighted by Crippen LogP contribution is -2.34. The lowest BCUT2D eigenvalue weighted by molar-refractivity contribution is 0.394. The van der Waals surface area contributed by atoms with Crippen LogP contribution >= 0.6 is 0 Å². The van der Waals surface area contributed by atoms with Crippen molar-refractivity contribution in [2.75, 3.05) is 24.5 Å². The van der Waals surface area contributed by atoms with Crippen molar-refractivity contribution >= 4 is 5.69 Å². The lowest BCUT2D eigenvalue weighted by Gasteiger charge is -2.34. The number of hydrogen-bond donors (Lipinski definition) is 1. The van der Waals surface area contributed by atoms with Crippen molar-refractivity contribution in [3.8, 4) is 0 Å². The van der Waals surface area contributed by atoms with Gasteiger partial charge in [0, 0.05) is 42.8 Å². The van der Waals surface area contributed by atoms with E-state index in [1.165, 1.54) is 43.6 Å². The van der Waals surface area contributed by atoms with Gasteiger partial charge in [-0.2, -0.15) is 0 Å². The normalized spacial score (nSPS) is 16.7. The summed E-state index contributed by atoms with van der Waals surface area (Å²) >= 11 is 0. The Hall–Kier alpha value is -1.09. The van der Waals surface area contributed by atoms with Crippen molar-refractivity contribution in [2.45, 2.75) is 53.5 Å². The monoisotopic (exact) mass is 289 g/mol. The van der Waals surface area contributed by atoms with Gasteiger partial charge in [0.1, 0.15) is 0 Å². The third kappa shape index (κ3) is 4.70. The standard InChI is InChI=1S/C18H31N3/c1-5-16-6-8-21(9-7-16)18-10-15(4)20-13-17(18)12-19-11-14(2)3/h10,13-14,16,19H,5-9,11-12H2,1-4H3. The highest BCUT2D eigenvalue weighted by Crippen LogP contribution is 2.27. The van der Waals surface area contributed by atoms with Crippen LogP contribution in [0.1, 0.15) is 51.3 Å². The van der Waals surface area contributed by atoms with Gasteiger partial charge >= 0.3 is 0 Å². The number of nitrogens with zero attached hydrogens (tertiary/aromatic N) is 2. The first-order chi connectivity index (χ1) is 10.1. The van der Waals surface area contributed by atoms with E-state index in [0.717, 1.165) is 24.7 Å². The predicted octanol–water partition coefficient (Wildman–Crippen LogP) is 3.76. The quantitative estimate of drug-likeness (QED) is 0.864. The maximum atomic E-state index is 4.50. The molecule has 21 heavy (non-hydrogen) atoms. The van der Waals surface area contributed by atoms with Crippen LogP contribution in [-0.2, 0) is 6.54 Å². The highest BCUT2D eigenvalue weighted by molar-refractivity contribution is 5.54. The Morgan fingerprint density at radius 2 is 2.05 bits per heavy atom. The Labute approximate surface area is 130 Å². The molecule has 1 aliphatic rings. The summed E-state index contributed by atoms with van der Waals surface area (Å²) in [5.41, 5.74) is 3.86. The van der Waals surface area contributed by atoms with Crippen LogP contribution in [0.2, 0.25) is 0 Å². The first-order valence-corrected chi connectivity index (χ1v) is 8.51. The van der Waals surface area contributed by atoms with Gasteiger partial charge < -0.3 is 10.2 Å². The van der Waals surface area contributed by atoms with E-state index >= 15 is 0 Å². The van der Waals surface area contributed by atoms with Crippen LogP contribution in [0, 0.1) is 18.8 Å². The second kappa shape index (κ2) is 7.79. The zero-order valence-corrected chi connectivity index (χ0v) is 14.2. The van der Waals surface area contributed by atoms with Crippen molar-refractivity contribution in [1.29, 1.82) is 0 Å². The van der Waals surface area contributed by atoms with Crippen LogP contribution in [0.3, 0.4) is 0 Å². The van der Waals surface area contributed by atoms with Crippen molar-refractivity contribution in [3.63, 3.8) is 0 Å². The van der Waals surface area contributed by atoms with Crippen LogP contribution in [0.15, 0.2) is 12.3 Å². The number of rotatable bonds is 6. The summed E-state index contributed by atoms with van der Waals surface area (Å²) < 4.78 is 0. The number of hydrogen-bond acceptors (Lipinski definition) is 3. The minimum Gasteiger partial charge on any atom is -0.371 e. The van der Waals surface area contributed by atoms with E-state index in [2.05, 4.69) is 55.2 Å². The fourth-order valence-corrected chi connectivity index (χ4v) is 3.08. The van der Waals surface area contributed by atoms with Crippen LogP contribution in [-0.4, -0.2) is 24.6 Å². The number of piperidine rings is 1. The maximum Gasteiger partial charge on any atom is 0.0445 e. The number of aromatic nitrogens is 1. The molecule has 3 heteroatoms. The fourth-order valence-electron chi connectivity index (χ4n) is 3.08. The molecular weight excluding hydrogens is 258 g/mol. The number of aryl methyl sites for hydroxylation is 1. The Kier molecular flexibility index (Phi) is 6.04. The summed E-state index contributed by atoms with van der Waals surface area (Å²) in [5.74, 6) is 1.61. The molecule has 118 valence electrons. The first kappa shape index (κ1) is 16.3. The minimum absolute atomic E-state index is 0.687. The van der Waals surface area contributed by atoms with Crippen LogP contribution in [0.5, 0.6) is 0 Å². The SMILES string of the molecule is CCC1CCN(c2cc(C)ncc2CNCC(C)C)CC1. The van der Waals surface area contributed by atoms with Crippen molar-refractivity contribution in [3.05, 3.63) is 23.5 Å². The topological polar surface area (TPSA) is 28.2 Å². The second-order valence-electron chi connectivity index (χ2n) is 6.82. The van der Waals surface area contributed by atoms with Crippen molar-refractivity contribution < 1.29 is 0 Å². The molecule has 1 saturated heterocycles. The molecule has 1 N–H and O–H groups in total. The van der Waals surface area contributed by atoms with E-state index in [4.69, 9.17) is 0 Å². The third-order valence-corrected chi connectivity index (χ3v) is 4.50. The second-order valence-corrected chi connectivity index (χ2v) is 6.82. The van der Waals surface area contributed by atoms with Crippen LogP contribution < -0.4 is 10.2 Å². The molecule has 0 radical (unpaired) electrons. The molecule has 0 aromatic carbocycles. The molecule has 1 fully saturated rings. The van der Waals surface area contributed by atoms with Gasteiger partial charge in [-0.15, -0.1) is 0 Å². The number of anilines is 1. The molecule has 0 unspecified atom stereocenters. The molecule has 0 amide bonds. The average Bonchev–Trinajstić information content (AvgIpc) is 2.48. The number of pyridine rings is 1. The largest absolute Gasteiger partial charge is 0.371 e. The molecule has 2 heterocycles. The fraction of sp³-hybridized carbons (Fsp3) is 0.722.